The Morgan fingerprint density at radius 2 is 1.83 bits per heavy atom. The Kier molecular flexibility index (Phi) is 7.48. The summed E-state index contributed by atoms with van der Waals surface area (Å²) < 4.78 is 30.5. The van der Waals surface area contributed by atoms with Crippen molar-refractivity contribution in [2.75, 3.05) is 44.5 Å². The van der Waals surface area contributed by atoms with Crippen LogP contribution in [0.25, 0.3) is 0 Å². The maximum Gasteiger partial charge on any atom is 0.326 e. The van der Waals surface area contributed by atoms with Crippen LogP contribution in [0.4, 0.5) is 11.6 Å². The van der Waals surface area contributed by atoms with Crippen LogP contribution in [0, 0.1) is 0 Å². The van der Waals surface area contributed by atoms with Crippen molar-refractivity contribution >= 4 is 45.1 Å². The number of likely N-dealkylation sites (N-methyl/N-ethyl adjacent to an activating group) is 1. The second kappa shape index (κ2) is 9.63. The number of nitrogens with zero attached hydrogens (tertiary/aromatic N) is 4. The number of sulfonamides is 1. The molecule has 156 valence electrons. The SMILES string of the molecule is CN(CC(=O)OCC(=O)Nc1ccc(Cl)c(S(=O)(=O)N(C)C)c1)c1ncccn1. The summed E-state index contributed by atoms with van der Waals surface area (Å²) in [5.41, 5.74) is 0.200. The molecule has 0 aliphatic heterocycles. The molecular weight excluding hydrogens is 422 g/mol. The maximum absolute atomic E-state index is 12.3. The molecule has 2 aromatic rings. The van der Waals surface area contributed by atoms with Crippen LogP contribution in [0.3, 0.4) is 0 Å². The van der Waals surface area contributed by atoms with Crippen molar-refractivity contribution in [3.05, 3.63) is 41.7 Å². The van der Waals surface area contributed by atoms with Gasteiger partial charge in [0.25, 0.3) is 5.91 Å². The average molecular weight is 442 g/mol. The topological polar surface area (TPSA) is 122 Å². The summed E-state index contributed by atoms with van der Waals surface area (Å²) in [6.07, 6.45) is 3.07. The van der Waals surface area contributed by atoms with Crippen LogP contribution in [-0.2, 0) is 24.3 Å². The molecule has 0 bridgehead atoms. The Hall–Kier alpha value is -2.76. The molecule has 0 unspecified atom stereocenters. The van der Waals surface area contributed by atoms with Gasteiger partial charge in [-0.15, -0.1) is 0 Å². The fourth-order valence-electron chi connectivity index (χ4n) is 2.12. The molecular formula is C17H20ClN5O5S. The van der Waals surface area contributed by atoms with Gasteiger partial charge >= 0.3 is 5.97 Å². The molecule has 1 aromatic heterocycles. The van der Waals surface area contributed by atoms with Gasteiger partial charge in [0.15, 0.2) is 6.61 Å². The molecule has 0 saturated carbocycles. The van der Waals surface area contributed by atoms with E-state index in [0.717, 1.165) is 4.31 Å². The van der Waals surface area contributed by atoms with Gasteiger partial charge in [0.2, 0.25) is 16.0 Å². The van der Waals surface area contributed by atoms with E-state index in [-0.39, 0.29) is 22.2 Å². The molecule has 29 heavy (non-hydrogen) atoms. The maximum atomic E-state index is 12.3. The van der Waals surface area contributed by atoms with Gasteiger partial charge in [-0.05, 0) is 24.3 Å². The number of aromatic nitrogens is 2. The minimum atomic E-state index is -3.78. The third-order valence-electron chi connectivity index (χ3n) is 3.60. The normalized spacial score (nSPS) is 11.2. The molecule has 2 rings (SSSR count). The third-order valence-corrected chi connectivity index (χ3v) is 5.89. The molecule has 0 radical (unpaired) electrons. The summed E-state index contributed by atoms with van der Waals surface area (Å²) in [6.45, 7) is -0.690. The Morgan fingerprint density at radius 1 is 1.17 bits per heavy atom. The first-order chi connectivity index (χ1) is 13.6. The van der Waals surface area contributed by atoms with Crippen molar-refractivity contribution in [3.8, 4) is 0 Å². The van der Waals surface area contributed by atoms with Crippen LogP contribution in [0.1, 0.15) is 0 Å². The molecule has 0 saturated heterocycles. The van der Waals surface area contributed by atoms with Gasteiger partial charge in [-0.25, -0.2) is 22.7 Å². The zero-order chi connectivity index (χ0) is 21.6. The fraction of sp³-hybridized carbons (Fsp3) is 0.294. The lowest BCUT2D eigenvalue weighted by molar-refractivity contribution is -0.145. The van der Waals surface area contributed by atoms with Gasteiger partial charge in [-0.3, -0.25) is 9.59 Å². The molecule has 0 aliphatic carbocycles. The summed E-state index contributed by atoms with van der Waals surface area (Å²) in [7, 11) is 0.562. The van der Waals surface area contributed by atoms with Crippen LogP contribution < -0.4 is 10.2 Å². The quantitative estimate of drug-likeness (QED) is 0.602. The highest BCUT2D eigenvalue weighted by atomic mass is 35.5. The van der Waals surface area contributed by atoms with Crippen molar-refractivity contribution in [2.24, 2.45) is 0 Å². The fourth-order valence-corrected chi connectivity index (χ4v) is 3.51. The second-order valence-corrected chi connectivity index (χ2v) is 8.57. The standard InChI is InChI=1S/C17H20ClN5O5S/c1-22(2)29(26,27)14-9-12(5-6-13(14)18)21-15(24)11-28-16(25)10-23(3)17-19-7-4-8-20-17/h4-9H,10-11H2,1-3H3,(H,21,24). The van der Waals surface area contributed by atoms with Gasteiger partial charge in [0.1, 0.15) is 11.4 Å². The number of anilines is 2. The summed E-state index contributed by atoms with van der Waals surface area (Å²) in [6, 6.07) is 5.68. The highest BCUT2D eigenvalue weighted by Gasteiger charge is 2.21. The highest BCUT2D eigenvalue weighted by Crippen LogP contribution is 2.26. The summed E-state index contributed by atoms with van der Waals surface area (Å²) in [5.74, 6) is -0.945. The number of esters is 1. The van der Waals surface area contributed by atoms with Crippen LogP contribution in [0.2, 0.25) is 5.02 Å². The van der Waals surface area contributed by atoms with E-state index < -0.39 is 28.5 Å². The summed E-state index contributed by atoms with van der Waals surface area (Å²) in [4.78, 5) is 33.2. The molecule has 12 heteroatoms. The van der Waals surface area contributed by atoms with Crippen LogP contribution in [0.5, 0.6) is 0 Å². The second-order valence-electron chi connectivity index (χ2n) is 6.05. The van der Waals surface area contributed by atoms with Gasteiger partial charge in [-0.2, -0.15) is 0 Å². The van der Waals surface area contributed by atoms with Crippen LogP contribution in [0.15, 0.2) is 41.6 Å². The molecule has 1 N–H and O–H groups in total. The van der Waals surface area contributed by atoms with Crippen LogP contribution >= 0.6 is 11.6 Å². The smallest absolute Gasteiger partial charge is 0.326 e. The molecule has 0 aliphatic rings. The number of carbonyl (C=O) groups is 2. The monoisotopic (exact) mass is 441 g/mol. The highest BCUT2D eigenvalue weighted by molar-refractivity contribution is 7.89. The van der Waals surface area contributed by atoms with Gasteiger partial charge < -0.3 is 15.0 Å². The van der Waals surface area contributed by atoms with E-state index in [4.69, 9.17) is 16.3 Å². The zero-order valence-electron chi connectivity index (χ0n) is 16.0. The predicted molar refractivity (Wildman–Crippen MR) is 107 cm³/mol. The number of nitrogens with one attached hydrogen (secondary N) is 1. The first kappa shape index (κ1) is 22.5. The van der Waals surface area contributed by atoms with E-state index in [1.165, 1.54) is 49.6 Å². The minimum absolute atomic E-state index is 0.0225. The van der Waals surface area contributed by atoms with Gasteiger partial charge in [-0.1, -0.05) is 11.6 Å². The van der Waals surface area contributed by atoms with Crippen molar-refractivity contribution in [1.29, 1.82) is 0 Å². The van der Waals surface area contributed by atoms with E-state index >= 15 is 0 Å². The first-order valence-corrected chi connectivity index (χ1v) is 10.1. The van der Waals surface area contributed by atoms with Crippen LogP contribution in [-0.4, -0.2) is 68.9 Å². The number of ether oxygens (including phenoxy) is 1. The van der Waals surface area contributed by atoms with Gasteiger partial charge in [0, 0.05) is 39.2 Å². The van der Waals surface area contributed by atoms with Gasteiger partial charge in [0.05, 0.1) is 5.02 Å². The number of benzene rings is 1. The summed E-state index contributed by atoms with van der Waals surface area (Å²) in [5, 5.41) is 2.49. The van der Waals surface area contributed by atoms with E-state index in [2.05, 4.69) is 15.3 Å². The van der Waals surface area contributed by atoms with E-state index in [1.54, 1.807) is 13.1 Å². The summed E-state index contributed by atoms with van der Waals surface area (Å²) >= 11 is 5.96. The number of rotatable bonds is 8. The number of carbonyl (C=O) groups excluding carboxylic acids is 2. The molecule has 10 nitrogen and oxygen atoms in total. The minimum Gasteiger partial charge on any atom is -0.454 e. The van der Waals surface area contributed by atoms with Crippen molar-refractivity contribution < 1.29 is 22.7 Å². The Labute approximate surface area is 173 Å². The molecule has 1 aromatic carbocycles. The molecule has 1 heterocycles. The lowest BCUT2D eigenvalue weighted by atomic mass is 10.3. The lowest BCUT2D eigenvalue weighted by Gasteiger charge is -2.16. The molecule has 0 spiro atoms. The third kappa shape index (κ3) is 6.11. The predicted octanol–water partition coefficient (Wildman–Crippen LogP) is 0.998. The average Bonchev–Trinajstić information content (AvgIpc) is 2.68. The number of halogens is 1. The Morgan fingerprint density at radius 3 is 2.45 bits per heavy atom. The van der Waals surface area contributed by atoms with Crippen molar-refractivity contribution in [2.45, 2.75) is 4.90 Å². The lowest BCUT2D eigenvalue weighted by Crippen LogP contribution is -2.30. The number of hydrogen-bond donors (Lipinski definition) is 1. The molecule has 0 atom stereocenters. The number of amides is 1. The largest absolute Gasteiger partial charge is 0.454 e. The van der Waals surface area contributed by atoms with E-state index in [1.807, 2.05) is 0 Å². The Balaban J connectivity index is 1.93. The molecule has 1 amide bonds. The van der Waals surface area contributed by atoms with Crippen molar-refractivity contribution in [3.63, 3.8) is 0 Å². The Bertz CT molecular complexity index is 985. The zero-order valence-corrected chi connectivity index (χ0v) is 17.6. The molecule has 0 fully saturated rings. The van der Waals surface area contributed by atoms with E-state index in [0.29, 0.717) is 5.95 Å². The first-order valence-electron chi connectivity index (χ1n) is 8.27. The van der Waals surface area contributed by atoms with Crippen molar-refractivity contribution in [1.82, 2.24) is 14.3 Å². The van der Waals surface area contributed by atoms with E-state index in [9.17, 15) is 18.0 Å². The number of hydrogen-bond acceptors (Lipinski definition) is 8.